The van der Waals surface area contributed by atoms with E-state index in [9.17, 15) is 0 Å². The van der Waals surface area contributed by atoms with Gasteiger partial charge in [-0.1, -0.05) is 105 Å². The Kier molecular flexibility index (Phi) is 4.06. The SMILES string of the molecule is CC1(C)c2ccccc2-c2cc3cc4c(cc3cc21)c1ccccc1n4-c1ccc2c3c(cccc13)-c1ccccc1-2. The van der Waals surface area contributed by atoms with Gasteiger partial charge in [0.25, 0.3) is 0 Å². The number of hydrogen-bond acceptors (Lipinski definition) is 0. The molecule has 2 aliphatic carbocycles. The number of rotatable bonds is 1. The second kappa shape index (κ2) is 7.57. The Morgan fingerprint density at radius 1 is 0.429 bits per heavy atom. The predicted octanol–water partition coefficient (Wildman–Crippen LogP) is 11.0. The van der Waals surface area contributed by atoms with Crippen LogP contribution in [0.3, 0.4) is 0 Å². The summed E-state index contributed by atoms with van der Waals surface area (Å²) in [6.07, 6.45) is 0. The minimum atomic E-state index is -0.00864. The lowest BCUT2D eigenvalue weighted by molar-refractivity contribution is 0.661. The van der Waals surface area contributed by atoms with Crippen LogP contribution >= 0.6 is 0 Å². The molecular weight excluding hydrogens is 506 g/mol. The number of fused-ring (bicyclic) bond motifs is 10. The van der Waals surface area contributed by atoms with Crippen LogP contribution in [0.5, 0.6) is 0 Å². The van der Waals surface area contributed by atoms with Gasteiger partial charge >= 0.3 is 0 Å². The van der Waals surface area contributed by atoms with Gasteiger partial charge in [-0.3, -0.25) is 0 Å². The second-order valence-corrected chi connectivity index (χ2v) is 12.5. The van der Waals surface area contributed by atoms with Crippen molar-refractivity contribution in [2.45, 2.75) is 19.3 Å². The predicted molar refractivity (Wildman–Crippen MR) is 178 cm³/mol. The van der Waals surface area contributed by atoms with Gasteiger partial charge in [0.05, 0.1) is 16.7 Å². The third-order valence-corrected chi connectivity index (χ3v) is 10.1. The van der Waals surface area contributed by atoms with Crippen molar-refractivity contribution in [3.63, 3.8) is 0 Å². The van der Waals surface area contributed by atoms with E-state index in [-0.39, 0.29) is 5.41 Å². The zero-order chi connectivity index (χ0) is 27.7. The Balaban J connectivity index is 1.31. The highest BCUT2D eigenvalue weighted by Crippen LogP contribution is 2.51. The quantitative estimate of drug-likeness (QED) is 0.198. The Labute approximate surface area is 244 Å². The highest BCUT2D eigenvalue weighted by molar-refractivity contribution is 6.19. The van der Waals surface area contributed by atoms with Crippen molar-refractivity contribution in [3.05, 3.63) is 139 Å². The van der Waals surface area contributed by atoms with Crippen molar-refractivity contribution in [3.8, 4) is 39.1 Å². The fourth-order valence-electron chi connectivity index (χ4n) is 8.16. The summed E-state index contributed by atoms with van der Waals surface area (Å²) in [6, 6.07) is 47.9. The van der Waals surface area contributed by atoms with Crippen molar-refractivity contribution in [2.24, 2.45) is 0 Å². The van der Waals surface area contributed by atoms with E-state index in [0.717, 1.165) is 0 Å². The molecule has 7 aromatic carbocycles. The molecule has 1 aromatic heterocycles. The minimum Gasteiger partial charge on any atom is -0.309 e. The molecule has 0 fully saturated rings. The average Bonchev–Trinajstić information content (AvgIpc) is 3.60. The Hall–Kier alpha value is -5.14. The van der Waals surface area contributed by atoms with Crippen LogP contribution in [0.15, 0.2) is 127 Å². The molecule has 0 saturated carbocycles. The van der Waals surface area contributed by atoms with E-state index < -0.39 is 0 Å². The Morgan fingerprint density at radius 3 is 1.95 bits per heavy atom. The molecule has 1 heteroatoms. The summed E-state index contributed by atoms with van der Waals surface area (Å²) in [5.74, 6) is 0. The van der Waals surface area contributed by atoms with Gasteiger partial charge in [-0.2, -0.15) is 0 Å². The molecule has 2 aliphatic rings. The molecule has 0 saturated heterocycles. The summed E-state index contributed by atoms with van der Waals surface area (Å²) >= 11 is 0. The van der Waals surface area contributed by atoms with E-state index in [1.54, 1.807) is 0 Å². The standard InChI is InChI=1S/C41H27N/c1-41(2)35-16-7-5-12-28(35)33-20-25-23-39-34(21-24(25)22-36(33)41)29-13-6-8-17-37(29)42(39)38-19-18-31-27-11-4-3-10-26(27)30-14-9-15-32(38)40(30)31/h3-23H,1-2H3. The molecule has 0 N–H and O–H groups in total. The number of aromatic nitrogens is 1. The summed E-state index contributed by atoms with van der Waals surface area (Å²) < 4.78 is 2.50. The molecular formula is C41H27N. The van der Waals surface area contributed by atoms with E-state index >= 15 is 0 Å². The summed E-state index contributed by atoms with van der Waals surface area (Å²) in [7, 11) is 0. The van der Waals surface area contributed by atoms with Gasteiger partial charge < -0.3 is 4.57 Å². The summed E-state index contributed by atoms with van der Waals surface area (Å²) in [6.45, 7) is 4.73. The van der Waals surface area contributed by atoms with Gasteiger partial charge in [-0.25, -0.2) is 0 Å². The normalized spacial score (nSPS) is 14.1. The summed E-state index contributed by atoms with van der Waals surface area (Å²) in [5, 5.41) is 7.85. The highest BCUT2D eigenvalue weighted by Gasteiger charge is 2.35. The molecule has 0 unspecified atom stereocenters. The monoisotopic (exact) mass is 533 g/mol. The first-order valence-corrected chi connectivity index (χ1v) is 14.9. The molecule has 8 aromatic rings. The summed E-state index contributed by atoms with van der Waals surface area (Å²) in [4.78, 5) is 0. The van der Waals surface area contributed by atoms with Gasteiger partial charge in [-0.15, -0.1) is 0 Å². The van der Waals surface area contributed by atoms with Crippen LogP contribution in [-0.4, -0.2) is 4.57 Å². The average molecular weight is 534 g/mol. The Morgan fingerprint density at radius 2 is 1.10 bits per heavy atom. The zero-order valence-electron chi connectivity index (χ0n) is 23.6. The van der Waals surface area contributed by atoms with Crippen molar-refractivity contribution in [1.82, 2.24) is 4.57 Å². The van der Waals surface area contributed by atoms with Crippen molar-refractivity contribution < 1.29 is 0 Å². The lowest BCUT2D eigenvalue weighted by atomic mass is 9.82. The molecule has 1 nitrogen and oxygen atoms in total. The molecule has 0 radical (unpaired) electrons. The lowest BCUT2D eigenvalue weighted by Gasteiger charge is -2.21. The van der Waals surface area contributed by atoms with Gasteiger partial charge in [0, 0.05) is 21.6 Å². The number of para-hydroxylation sites is 1. The minimum absolute atomic E-state index is 0.00864. The first-order valence-electron chi connectivity index (χ1n) is 14.9. The molecule has 196 valence electrons. The molecule has 0 amide bonds. The van der Waals surface area contributed by atoms with Crippen molar-refractivity contribution in [1.29, 1.82) is 0 Å². The van der Waals surface area contributed by atoms with Gasteiger partial charge in [0.15, 0.2) is 0 Å². The van der Waals surface area contributed by atoms with Crippen LogP contribution in [-0.2, 0) is 5.41 Å². The fraction of sp³-hybridized carbons (Fsp3) is 0.0732. The van der Waals surface area contributed by atoms with E-state index in [0.29, 0.717) is 0 Å². The molecule has 0 bridgehead atoms. The number of nitrogens with zero attached hydrogens (tertiary/aromatic N) is 1. The molecule has 1 heterocycles. The van der Waals surface area contributed by atoms with Gasteiger partial charge in [-0.05, 0) is 97.1 Å². The largest absolute Gasteiger partial charge is 0.309 e. The highest BCUT2D eigenvalue weighted by atomic mass is 15.0. The maximum absolute atomic E-state index is 2.50. The maximum Gasteiger partial charge on any atom is 0.0547 e. The van der Waals surface area contributed by atoms with E-state index in [1.165, 1.54) is 93.5 Å². The van der Waals surface area contributed by atoms with E-state index in [1.807, 2.05) is 0 Å². The second-order valence-electron chi connectivity index (χ2n) is 12.5. The van der Waals surface area contributed by atoms with Crippen molar-refractivity contribution >= 4 is 43.4 Å². The molecule has 42 heavy (non-hydrogen) atoms. The van der Waals surface area contributed by atoms with Crippen molar-refractivity contribution in [2.75, 3.05) is 0 Å². The maximum atomic E-state index is 2.50. The Bertz CT molecular complexity index is 2460. The van der Waals surface area contributed by atoms with Crippen LogP contribution < -0.4 is 0 Å². The zero-order valence-corrected chi connectivity index (χ0v) is 23.6. The first-order chi connectivity index (χ1) is 20.6. The summed E-state index contributed by atoms with van der Waals surface area (Å²) in [5.41, 5.74) is 14.7. The van der Waals surface area contributed by atoms with E-state index in [2.05, 4.69) is 146 Å². The van der Waals surface area contributed by atoms with Crippen LogP contribution in [0.2, 0.25) is 0 Å². The van der Waals surface area contributed by atoms with Gasteiger partial charge in [0.2, 0.25) is 0 Å². The first kappa shape index (κ1) is 22.5. The topological polar surface area (TPSA) is 4.93 Å². The molecule has 0 spiro atoms. The van der Waals surface area contributed by atoms with Crippen LogP contribution in [0.25, 0.3) is 82.4 Å². The number of benzene rings is 7. The molecule has 0 atom stereocenters. The lowest BCUT2D eigenvalue weighted by Crippen LogP contribution is -2.14. The smallest absolute Gasteiger partial charge is 0.0547 e. The van der Waals surface area contributed by atoms with E-state index in [4.69, 9.17) is 0 Å². The van der Waals surface area contributed by atoms with Gasteiger partial charge in [0.1, 0.15) is 0 Å². The van der Waals surface area contributed by atoms with Crippen LogP contribution in [0.1, 0.15) is 25.0 Å². The number of hydrogen-bond donors (Lipinski definition) is 0. The van der Waals surface area contributed by atoms with Crippen LogP contribution in [0, 0.1) is 0 Å². The fourth-order valence-corrected chi connectivity index (χ4v) is 8.16. The third kappa shape index (κ3) is 2.65. The third-order valence-electron chi connectivity index (χ3n) is 10.1. The van der Waals surface area contributed by atoms with Crippen LogP contribution in [0.4, 0.5) is 0 Å². The molecule has 10 rings (SSSR count). The molecule has 0 aliphatic heterocycles.